The molecule has 0 saturated carbocycles. The van der Waals surface area contributed by atoms with Gasteiger partial charge in [-0.2, -0.15) is 0 Å². The number of piperazine rings is 1. The minimum absolute atomic E-state index is 0.00761. The molecule has 1 aromatic heterocycles. The van der Waals surface area contributed by atoms with Gasteiger partial charge in [-0.15, -0.1) is 0 Å². The minimum atomic E-state index is -0.511. The number of nitrogens with zero attached hydrogens (tertiary/aromatic N) is 3. The lowest BCUT2D eigenvalue weighted by atomic mass is 10.0. The molecule has 154 valence electrons. The van der Waals surface area contributed by atoms with Crippen LogP contribution in [0.25, 0.3) is 0 Å². The maximum Gasteiger partial charge on any atom is 0.410 e. The van der Waals surface area contributed by atoms with Gasteiger partial charge in [0, 0.05) is 33.3 Å². The first-order valence-electron chi connectivity index (χ1n) is 9.23. The molecular weight excluding hydrogens is 434 g/mol. The second-order valence-corrected chi connectivity index (χ2v) is 8.22. The summed E-state index contributed by atoms with van der Waals surface area (Å²) in [7, 11) is 1.69. The number of hydrogen-bond donors (Lipinski definition) is 0. The molecule has 2 heterocycles. The third kappa shape index (κ3) is 7.94. The van der Waals surface area contributed by atoms with Gasteiger partial charge in [0.25, 0.3) is 0 Å². The van der Waals surface area contributed by atoms with Crippen molar-refractivity contribution in [2.75, 3.05) is 39.9 Å². The first-order chi connectivity index (χ1) is 12.7. The van der Waals surface area contributed by atoms with Crippen molar-refractivity contribution in [3.8, 4) is 0 Å². The summed E-state index contributed by atoms with van der Waals surface area (Å²) in [5, 5.41) is 0.422. The van der Waals surface area contributed by atoms with Gasteiger partial charge in [-0.05, 0) is 54.4 Å². The second kappa shape index (κ2) is 11.2. The predicted molar refractivity (Wildman–Crippen MR) is 112 cm³/mol. The number of carbonyl (C=O) groups is 1. The highest BCUT2D eigenvalue weighted by Gasteiger charge is 2.33. The number of methoxy groups -OCH3 is 1. The number of pyridine rings is 1. The Morgan fingerprint density at radius 2 is 2.00 bits per heavy atom. The summed E-state index contributed by atoms with van der Waals surface area (Å²) in [4.78, 5) is 20.7. The lowest BCUT2D eigenvalue weighted by Gasteiger charge is -2.41. The fraction of sp³-hybridized carbons (Fsp3) is 0.684. The van der Waals surface area contributed by atoms with Crippen molar-refractivity contribution in [1.29, 1.82) is 0 Å². The summed E-state index contributed by atoms with van der Waals surface area (Å²) >= 11 is 9.51. The van der Waals surface area contributed by atoms with Gasteiger partial charge in [-0.25, -0.2) is 9.78 Å². The van der Waals surface area contributed by atoms with Gasteiger partial charge in [0.05, 0.1) is 12.6 Å². The zero-order valence-electron chi connectivity index (χ0n) is 17.1. The Hall–Kier alpha value is -0.890. The largest absolute Gasteiger partial charge is 0.444 e. The third-order valence-corrected chi connectivity index (χ3v) is 4.50. The molecule has 1 unspecified atom stereocenters. The average Bonchev–Trinajstić information content (AvgIpc) is 2.59. The Morgan fingerprint density at radius 3 is 2.56 bits per heavy atom. The van der Waals surface area contributed by atoms with E-state index in [-0.39, 0.29) is 12.1 Å². The predicted octanol–water partition coefficient (Wildman–Crippen LogP) is 4.76. The van der Waals surface area contributed by atoms with E-state index in [1.807, 2.05) is 46.8 Å². The van der Waals surface area contributed by atoms with E-state index < -0.39 is 5.60 Å². The van der Waals surface area contributed by atoms with Crippen LogP contribution in [0.5, 0.6) is 0 Å². The zero-order valence-corrected chi connectivity index (χ0v) is 19.4. The molecule has 1 saturated heterocycles. The van der Waals surface area contributed by atoms with Gasteiger partial charge in [-0.1, -0.05) is 25.4 Å². The topological polar surface area (TPSA) is 54.9 Å². The highest BCUT2D eigenvalue weighted by molar-refractivity contribution is 9.10. The lowest BCUT2D eigenvalue weighted by molar-refractivity contribution is -0.000218. The Labute approximate surface area is 176 Å². The molecule has 1 fully saturated rings. The summed E-state index contributed by atoms with van der Waals surface area (Å²) in [6.45, 7) is 12.9. The van der Waals surface area contributed by atoms with E-state index in [1.54, 1.807) is 12.0 Å². The van der Waals surface area contributed by atoms with Gasteiger partial charge >= 0.3 is 6.09 Å². The number of aromatic nitrogens is 1. The van der Waals surface area contributed by atoms with Gasteiger partial charge in [-0.3, -0.25) is 4.90 Å². The molecule has 0 spiro atoms. The standard InChI is InChI=1S/C17H25BrClN3O3.C2H6/c1-17(2,3)25-16(23)22-6-5-21(7-8-24-4)13(11-22)12-9-14(18)20-15(19)10-12;1-2/h9-10,13H,5-8,11H2,1-4H3;1-2H3. The molecule has 27 heavy (non-hydrogen) atoms. The normalized spacial score (nSPS) is 17.9. The van der Waals surface area contributed by atoms with E-state index in [2.05, 4.69) is 25.8 Å². The monoisotopic (exact) mass is 463 g/mol. The number of amides is 1. The van der Waals surface area contributed by atoms with Crippen molar-refractivity contribution in [2.45, 2.75) is 46.3 Å². The first-order valence-corrected chi connectivity index (χ1v) is 10.4. The number of ether oxygens (including phenoxy) is 2. The van der Waals surface area contributed by atoms with Crippen LogP contribution in [0.2, 0.25) is 5.15 Å². The molecule has 0 radical (unpaired) electrons. The van der Waals surface area contributed by atoms with Crippen molar-refractivity contribution in [3.63, 3.8) is 0 Å². The van der Waals surface area contributed by atoms with Crippen LogP contribution in [0.3, 0.4) is 0 Å². The summed E-state index contributed by atoms with van der Waals surface area (Å²) in [5.41, 5.74) is 0.499. The Morgan fingerprint density at radius 1 is 1.33 bits per heavy atom. The Bertz CT molecular complexity index is 590. The van der Waals surface area contributed by atoms with Crippen molar-refractivity contribution in [3.05, 3.63) is 27.5 Å². The second-order valence-electron chi connectivity index (χ2n) is 7.02. The van der Waals surface area contributed by atoms with Crippen molar-refractivity contribution < 1.29 is 14.3 Å². The highest BCUT2D eigenvalue weighted by Crippen LogP contribution is 2.29. The van der Waals surface area contributed by atoms with Crippen LogP contribution in [0.1, 0.15) is 46.2 Å². The highest BCUT2D eigenvalue weighted by atomic mass is 79.9. The van der Waals surface area contributed by atoms with E-state index in [0.29, 0.717) is 29.5 Å². The summed E-state index contributed by atoms with van der Waals surface area (Å²) in [6.07, 6.45) is -0.289. The number of rotatable bonds is 4. The van der Waals surface area contributed by atoms with Crippen molar-refractivity contribution in [1.82, 2.24) is 14.8 Å². The third-order valence-electron chi connectivity index (χ3n) is 3.90. The molecule has 1 atom stereocenters. The summed E-state index contributed by atoms with van der Waals surface area (Å²) in [6, 6.07) is 3.79. The Kier molecular flexibility index (Phi) is 10.0. The average molecular weight is 465 g/mol. The summed E-state index contributed by atoms with van der Waals surface area (Å²) < 4.78 is 11.4. The van der Waals surface area contributed by atoms with Crippen LogP contribution in [0.4, 0.5) is 4.79 Å². The molecule has 0 N–H and O–H groups in total. The van der Waals surface area contributed by atoms with Gasteiger partial charge in [0.1, 0.15) is 15.4 Å². The van der Waals surface area contributed by atoms with E-state index >= 15 is 0 Å². The smallest absolute Gasteiger partial charge is 0.410 e. The minimum Gasteiger partial charge on any atom is -0.444 e. The van der Waals surface area contributed by atoms with Crippen LogP contribution in [0.15, 0.2) is 16.7 Å². The molecule has 1 aromatic rings. The first kappa shape index (κ1) is 24.1. The maximum absolute atomic E-state index is 12.5. The van der Waals surface area contributed by atoms with Gasteiger partial charge < -0.3 is 14.4 Å². The fourth-order valence-electron chi connectivity index (χ4n) is 2.78. The van der Waals surface area contributed by atoms with E-state index in [0.717, 1.165) is 18.7 Å². The van der Waals surface area contributed by atoms with Crippen LogP contribution >= 0.6 is 27.5 Å². The van der Waals surface area contributed by atoms with E-state index in [4.69, 9.17) is 21.1 Å². The molecule has 1 aliphatic heterocycles. The quantitative estimate of drug-likeness (QED) is 0.601. The molecule has 2 rings (SSSR count). The molecule has 0 aromatic carbocycles. The van der Waals surface area contributed by atoms with Gasteiger partial charge in [0.15, 0.2) is 0 Å². The number of carbonyl (C=O) groups excluding carboxylic acids is 1. The molecule has 8 heteroatoms. The molecular formula is C19H31BrClN3O3. The van der Waals surface area contributed by atoms with Gasteiger partial charge in [0.2, 0.25) is 0 Å². The maximum atomic E-state index is 12.5. The van der Waals surface area contributed by atoms with Crippen molar-refractivity contribution >= 4 is 33.6 Å². The molecule has 1 amide bonds. The number of hydrogen-bond acceptors (Lipinski definition) is 5. The molecule has 0 aliphatic carbocycles. The fourth-order valence-corrected chi connectivity index (χ4v) is 3.56. The van der Waals surface area contributed by atoms with E-state index in [1.165, 1.54) is 0 Å². The molecule has 6 nitrogen and oxygen atoms in total. The van der Waals surface area contributed by atoms with Crippen LogP contribution < -0.4 is 0 Å². The summed E-state index contributed by atoms with van der Waals surface area (Å²) in [5.74, 6) is 0. The number of halogens is 2. The van der Waals surface area contributed by atoms with Crippen molar-refractivity contribution in [2.24, 2.45) is 0 Å². The van der Waals surface area contributed by atoms with Crippen LogP contribution in [0, 0.1) is 0 Å². The molecule has 0 bridgehead atoms. The molecule has 1 aliphatic rings. The van der Waals surface area contributed by atoms with E-state index in [9.17, 15) is 4.79 Å². The lowest BCUT2D eigenvalue weighted by Crippen LogP contribution is -2.52. The van der Waals surface area contributed by atoms with Crippen LogP contribution in [-0.4, -0.2) is 66.4 Å². The Balaban J connectivity index is 0.00000176. The SMILES string of the molecule is CC.COCCN1CCN(C(=O)OC(C)(C)C)CC1c1cc(Cl)nc(Br)c1. The van der Waals surface area contributed by atoms with Crippen LogP contribution in [-0.2, 0) is 9.47 Å². The zero-order chi connectivity index (χ0) is 20.6.